The van der Waals surface area contributed by atoms with Crippen LogP contribution in [0.3, 0.4) is 0 Å². The van der Waals surface area contributed by atoms with Crippen molar-refractivity contribution in [2.45, 2.75) is 17.2 Å². The van der Waals surface area contributed by atoms with Crippen LogP contribution in [0.4, 0.5) is 14.5 Å². The first kappa shape index (κ1) is 20.5. The van der Waals surface area contributed by atoms with Crippen molar-refractivity contribution < 1.29 is 23.2 Å². The Balaban J connectivity index is 1.99. The van der Waals surface area contributed by atoms with Gasteiger partial charge < -0.3 is 15.0 Å². The molecule has 0 saturated heterocycles. The minimum Gasteiger partial charge on any atom is -0.496 e. The van der Waals surface area contributed by atoms with E-state index in [1.807, 2.05) is 7.05 Å². The quantitative estimate of drug-likeness (QED) is 0.667. The number of hydrogen-bond acceptors (Lipinski definition) is 3. The number of rotatable bonds is 8. The lowest BCUT2D eigenvalue weighted by atomic mass is 10.2. The maximum atomic E-state index is 12.6. The highest BCUT2D eigenvalue weighted by atomic mass is 35.5. The number of methoxy groups -OCH3 is 1. The SMILES string of the molecule is COc1ccc(Cl)cc1C[NH+](C)CC(=O)Nc1ccccc1SC(F)F. The summed E-state index contributed by atoms with van der Waals surface area (Å²) in [6.45, 7) is 0.702. The van der Waals surface area contributed by atoms with Crippen LogP contribution in [-0.2, 0) is 11.3 Å². The molecule has 0 fully saturated rings. The second-order valence-electron chi connectivity index (χ2n) is 5.69. The van der Waals surface area contributed by atoms with Crippen molar-refractivity contribution in [3.63, 3.8) is 0 Å². The van der Waals surface area contributed by atoms with Crippen molar-refractivity contribution in [3.8, 4) is 5.75 Å². The molecule has 1 amide bonds. The van der Waals surface area contributed by atoms with Crippen LogP contribution in [0.5, 0.6) is 5.75 Å². The molecule has 0 aliphatic heterocycles. The summed E-state index contributed by atoms with van der Waals surface area (Å²) in [5.74, 6) is -2.10. The zero-order valence-corrected chi connectivity index (χ0v) is 16.0. The topological polar surface area (TPSA) is 42.8 Å². The molecular formula is C18H20ClF2N2O2S+. The molecule has 0 spiro atoms. The second-order valence-corrected chi connectivity index (χ2v) is 7.16. The zero-order chi connectivity index (χ0) is 19.1. The number of likely N-dealkylation sites (N-methyl/N-ethyl adjacent to an activating group) is 1. The van der Waals surface area contributed by atoms with Gasteiger partial charge >= 0.3 is 0 Å². The lowest BCUT2D eigenvalue weighted by Crippen LogP contribution is -3.08. The Kier molecular flexibility index (Phi) is 7.68. The number of carbonyl (C=O) groups is 1. The Morgan fingerprint density at radius 2 is 2.04 bits per heavy atom. The van der Waals surface area contributed by atoms with Crippen LogP contribution in [0, 0.1) is 0 Å². The van der Waals surface area contributed by atoms with Crippen LogP contribution < -0.4 is 15.0 Å². The first-order valence-electron chi connectivity index (χ1n) is 7.86. The van der Waals surface area contributed by atoms with Gasteiger partial charge in [0.1, 0.15) is 12.3 Å². The number of alkyl halides is 2. The molecule has 0 aliphatic rings. The van der Waals surface area contributed by atoms with E-state index in [0.717, 1.165) is 10.5 Å². The number of amides is 1. The first-order valence-corrected chi connectivity index (χ1v) is 9.12. The number of quaternary nitrogens is 1. The lowest BCUT2D eigenvalue weighted by Gasteiger charge is -2.16. The summed E-state index contributed by atoms with van der Waals surface area (Å²) in [4.78, 5) is 13.5. The molecule has 1 atom stereocenters. The van der Waals surface area contributed by atoms with Gasteiger partial charge in [-0.25, -0.2) is 0 Å². The van der Waals surface area contributed by atoms with Gasteiger partial charge in [-0.05, 0) is 30.3 Å². The average Bonchev–Trinajstić information content (AvgIpc) is 2.56. The van der Waals surface area contributed by atoms with Crippen LogP contribution in [0.15, 0.2) is 47.4 Å². The maximum Gasteiger partial charge on any atom is 0.288 e. The van der Waals surface area contributed by atoms with E-state index in [2.05, 4.69) is 5.32 Å². The second kappa shape index (κ2) is 9.75. The highest BCUT2D eigenvalue weighted by molar-refractivity contribution is 7.99. The maximum absolute atomic E-state index is 12.6. The Bertz CT molecular complexity index is 762. The molecule has 2 aromatic rings. The Morgan fingerprint density at radius 3 is 2.73 bits per heavy atom. The van der Waals surface area contributed by atoms with Crippen molar-refractivity contribution in [1.29, 1.82) is 0 Å². The number of benzene rings is 2. The van der Waals surface area contributed by atoms with E-state index in [1.54, 1.807) is 49.6 Å². The van der Waals surface area contributed by atoms with Gasteiger partial charge in [-0.1, -0.05) is 35.5 Å². The van der Waals surface area contributed by atoms with E-state index in [1.165, 1.54) is 0 Å². The fourth-order valence-corrected chi connectivity index (χ4v) is 3.30. The van der Waals surface area contributed by atoms with E-state index >= 15 is 0 Å². The van der Waals surface area contributed by atoms with Gasteiger partial charge in [0.05, 0.1) is 19.8 Å². The van der Waals surface area contributed by atoms with Crippen molar-refractivity contribution in [1.82, 2.24) is 0 Å². The predicted molar refractivity (Wildman–Crippen MR) is 100 cm³/mol. The fourth-order valence-electron chi connectivity index (χ4n) is 2.51. The van der Waals surface area contributed by atoms with Gasteiger partial charge in [-0.2, -0.15) is 8.78 Å². The van der Waals surface area contributed by atoms with Crippen molar-refractivity contribution in [2.24, 2.45) is 0 Å². The highest BCUT2D eigenvalue weighted by Gasteiger charge is 2.16. The zero-order valence-electron chi connectivity index (χ0n) is 14.4. The molecule has 2 rings (SSSR count). The largest absolute Gasteiger partial charge is 0.496 e. The molecule has 8 heteroatoms. The molecule has 0 radical (unpaired) electrons. The summed E-state index contributed by atoms with van der Waals surface area (Å²) in [6, 6.07) is 11.8. The molecule has 140 valence electrons. The molecule has 0 bridgehead atoms. The fraction of sp³-hybridized carbons (Fsp3) is 0.278. The lowest BCUT2D eigenvalue weighted by molar-refractivity contribution is -0.885. The summed E-state index contributed by atoms with van der Waals surface area (Å²) >= 11 is 6.43. The Hall–Kier alpha value is -1.83. The summed E-state index contributed by atoms with van der Waals surface area (Å²) in [5, 5.41) is 3.29. The molecule has 0 aromatic heterocycles. The minimum atomic E-state index is -2.54. The molecule has 0 saturated carbocycles. The molecule has 0 heterocycles. The van der Waals surface area contributed by atoms with Gasteiger partial charge in [0, 0.05) is 15.5 Å². The van der Waals surface area contributed by atoms with E-state index in [-0.39, 0.29) is 12.5 Å². The van der Waals surface area contributed by atoms with E-state index in [4.69, 9.17) is 16.3 Å². The first-order chi connectivity index (χ1) is 12.4. The van der Waals surface area contributed by atoms with Crippen LogP contribution in [0.1, 0.15) is 5.56 Å². The highest BCUT2D eigenvalue weighted by Crippen LogP contribution is 2.31. The molecular weight excluding hydrogens is 382 g/mol. The number of carbonyl (C=O) groups excluding carboxylic acids is 1. The number of para-hydroxylation sites is 1. The number of halogens is 3. The van der Waals surface area contributed by atoms with Crippen LogP contribution >= 0.6 is 23.4 Å². The van der Waals surface area contributed by atoms with Gasteiger partial charge in [-0.15, -0.1) is 0 Å². The van der Waals surface area contributed by atoms with Crippen molar-refractivity contribution >= 4 is 35.0 Å². The number of nitrogens with one attached hydrogen (secondary N) is 2. The Labute approximate surface area is 160 Å². The van der Waals surface area contributed by atoms with Crippen LogP contribution in [0.2, 0.25) is 5.02 Å². The smallest absolute Gasteiger partial charge is 0.288 e. The number of anilines is 1. The third-order valence-corrected chi connectivity index (χ3v) is 4.60. The van der Waals surface area contributed by atoms with Crippen molar-refractivity contribution in [2.75, 3.05) is 26.0 Å². The average molecular weight is 402 g/mol. The molecule has 1 unspecified atom stereocenters. The van der Waals surface area contributed by atoms with Gasteiger partial charge in [0.25, 0.3) is 11.7 Å². The third-order valence-electron chi connectivity index (χ3n) is 3.57. The van der Waals surface area contributed by atoms with Gasteiger partial charge in [0.15, 0.2) is 6.54 Å². The number of ether oxygens (including phenoxy) is 1. The number of hydrogen-bond donors (Lipinski definition) is 2. The summed E-state index contributed by atoms with van der Waals surface area (Å²) in [5.41, 5.74) is 1.27. The molecule has 2 aromatic carbocycles. The van der Waals surface area contributed by atoms with Crippen LogP contribution in [-0.4, -0.2) is 32.4 Å². The van der Waals surface area contributed by atoms with E-state index < -0.39 is 5.76 Å². The number of thioether (sulfide) groups is 1. The predicted octanol–water partition coefficient (Wildman–Crippen LogP) is 3.32. The summed E-state index contributed by atoms with van der Waals surface area (Å²) in [6.07, 6.45) is 0. The Morgan fingerprint density at radius 1 is 1.31 bits per heavy atom. The van der Waals surface area contributed by atoms with Gasteiger partial charge in [-0.3, -0.25) is 4.79 Å². The normalized spacial score (nSPS) is 12.1. The molecule has 2 N–H and O–H groups in total. The molecule has 4 nitrogen and oxygen atoms in total. The van der Waals surface area contributed by atoms with E-state index in [0.29, 0.717) is 39.7 Å². The van der Waals surface area contributed by atoms with E-state index in [9.17, 15) is 13.6 Å². The molecule has 26 heavy (non-hydrogen) atoms. The molecule has 0 aliphatic carbocycles. The standard InChI is InChI=1S/C18H19ClF2N2O2S/c1-23(10-12-9-13(19)7-8-15(12)25-2)11-17(24)22-14-5-3-4-6-16(14)26-18(20)21/h3-9,18H,10-11H2,1-2H3,(H,22,24)/p+1. The summed E-state index contributed by atoms with van der Waals surface area (Å²) < 4.78 is 30.5. The minimum absolute atomic E-state index is 0.170. The van der Waals surface area contributed by atoms with Crippen LogP contribution in [0.25, 0.3) is 0 Å². The van der Waals surface area contributed by atoms with Crippen molar-refractivity contribution in [3.05, 3.63) is 53.1 Å². The van der Waals surface area contributed by atoms with Gasteiger partial charge in [0.2, 0.25) is 0 Å². The summed E-state index contributed by atoms with van der Waals surface area (Å²) in [7, 11) is 3.44. The third kappa shape index (κ3) is 6.16. The monoisotopic (exact) mass is 401 g/mol.